The number of benzene rings is 1. The number of nitrogens with one attached hydrogen (secondary N) is 2. The van der Waals surface area contributed by atoms with Gasteiger partial charge in [0, 0.05) is 14.1 Å². The van der Waals surface area contributed by atoms with Crippen LogP contribution in [0.3, 0.4) is 0 Å². The Morgan fingerprint density at radius 3 is 2.27 bits per heavy atom. The molecule has 0 saturated heterocycles. The van der Waals surface area contributed by atoms with Gasteiger partial charge in [-0.15, -0.1) is 0 Å². The zero-order valence-electron chi connectivity index (χ0n) is 12.5. The first-order valence-electron chi connectivity index (χ1n) is 6.39. The van der Waals surface area contributed by atoms with Gasteiger partial charge in [0.05, 0.1) is 17.5 Å². The summed E-state index contributed by atoms with van der Waals surface area (Å²) in [6.07, 6.45) is 0. The first-order valence-corrected chi connectivity index (χ1v) is 7.87. The Hall–Kier alpha value is -2.00. The van der Waals surface area contributed by atoms with E-state index in [1.807, 2.05) is 0 Å². The van der Waals surface area contributed by atoms with Crippen LogP contribution in [-0.2, 0) is 19.6 Å². The molecule has 9 heteroatoms. The van der Waals surface area contributed by atoms with Crippen LogP contribution in [0, 0.1) is 5.82 Å². The van der Waals surface area contributed by atoms with Gasteiger partial charge in [-0.1, -0.05) is 0 Å². The molecule has 1 atom stereocenters. The summed E-state index contributed by atoms with van der Waals surface area (Å²) in [5, 5.41) is 2.33. The van der Waals surface area contributed by atoms with Crippen LogP contribution in [0.15, 0.2) is 29.2 Å². The number of halogens is 1. The SMILES string of the molecule is C[C@H](NS(=O)(=O)c1ccc(F)cc1)C(=O)NCC(=O)N(C)C. The fourth-order valence-corrected chi connectivity index (χ4v) is 2.64. The summed E-state index contributed by atoms with van der Waals surface area (Å²) >= 11 is 0. The van der Waals surface area contributed by atoms with Crippen LogP contribution in [0.5, 0.6) is 0 Å². The van der Waals surface area contributed by atoms with Crippen molar-refractivity contribution in [2.24, 2.45) is 0 Å². The van der Waals surface area contributed by atoms with Crippen LogP contribution >= 0.6 is 0 Å². The highest BCUT2D eigenvalue weighted by Gasteiger charge is 2.22. The van der Waals surface area contributed by atoms with Crippen molar-refractivity contribution in [3.63, 3.8) is 0 Å². The first-order chi connectivity index (χ1) is 10.1. The Morgan fingerprint density at radius 2 is 1.77 bits per heavy atom. The van der Waals surface area contributed by atoms with Crippen LogP contribution in [-0.4, -0.2) is 51.8 Å². The van der Waals surface area contributed by atoms with E-state index in [-0.39, 0.29) is 17.3 Å². The molecule has 0 bridgehead atoms. The maximum absolute atomic E-state index is 12.8. The summed E-state index contributed by atoms with van der Waals surface area (Å²) in [5.41, 5.74) is 0. The monoisotopic (exact) mass is 331 g/mol. The normalized spacial score (nSPS) is 12.5. The third-order valence-corrected chi connectivity index (χ3v) is 4.32. The van der Waals surface area contributed by atoms with Crippen molar-refractivity contribution in [3.8, 4) is 0 Å². The van der Waals surface area contributed by atoms with Crippen LogP contribution in [0.25, 0.3) is 0 Å². The Bertz CT molecular complexity index is 644. The molecular formula is C13H18FN3O4S. The molecule has 1 aromatic carbocycles. The lowest BCUT2D eigenvalue weighted by Crippen LogP contribution is -2.47. The minimum absolute atomic E-state index is 0.155. The van der Waals surface area contributed by atoms with E-state index in [1.54, 1.807) is 0 Å². The smallest absolute Gasteiger partial charge is 0.241 e. The molecule has 2 N–H and O–H groups in total. The second kappa shape index (κ2) is 7.32. The van der Waals surface area contributed by atoms with E-state index >= 15 is 0 Å². The number of hydrogen-bond donors (Lipinski definition) is 2. The lowest BCUT2D eigenvalue weighted by Gasteiger charge is -2.15. The predicted octanol–water partition coefficient (Wildman–Crippen LogP) is -0.303. The van der Waals surface area contributed by atoms with Crippen LogP contribution in [0.1, 0.15) is 6.92 Å². The molecule has 122 valence electrons. The highest BCUT2D eigenvalue weighted by Crippen LogP contribution is 2.10. The molecule has 0 aliphatic rings. The quantitative estimate of drug-likeness (QED) is 0.748. The average Bonchev–Trinajstić information content (AvgIpc) is 2.44. The van der Waals surface area contributed by atoms with E-state index < -0.39 is 27.8 Å². The molecule has 0 saturated carbocycles. The van der Waals surface area contributed by atoms with Crippen LogP contribution in [0.4, 0.5) is 4.39 Å². The topological polar surface area (TPSA) is 95.6 Å². The van der Waals surface area contributed by atoms with Gasteiger partial charge < -0.3 is 10.2 Å². The van der Waals surface area contributed by atoms with E-state index in [2.05, 4.69) is 10.0 Å². The number of hydrogen-bond acceptors (Lipinski definition) is 4. The fraction of sp³-hybridized carbons (Fsp3) is 0.385. The number of amides is 2. The van der Waals surface area contributed by atoms with Gasteiger partial charge in [0.2, 0.25) is 21.8 Å². The molecule has 1 aromatic rings. The van der Waals surface area contributed by atoms with E-state index in [9.17, 15) is 22.4 Å². The van der Waals surface area contributed by atoms with E-state index in [4.69, 9.17) is 0 Å². The highest BCUT2D eigenvalue weighted by molar-refractivity contribution is 7.89. The highest BCUT2D eigenvalue weighted by atomic mass is 32.2. The lowest BCUT2D eigenvalue weighted by molar-refractivity contribution is -0.131. The lowest BCUT2D eigenvalue weighted by atomic mass is 10.3. The maximum Gasteiger partial charge on any atom is 0.241 e. The number of likely N-dealkylation sites (N-methyl/N-ethyl adjacent to an activating group) is 1. The summed E-state index contributed by atoms with van der Waals surface area (Å²) in [4.78, 5) is 24.3. The van der Waals surface area contributed by atoms with Crippen molar-refractivity contribution in [2.45, 2.75) is 17.9 Å². The first kappa shape index (κ1) is 18.1. The van der Waals surface area contributed by atoms with E-state index in [1.165, 1.54) is 25.9 Å². The van der Waals surface area contributed by atoms with Crippen LogP contribution in [0.2, 0.25) is 0 Å². The van der Waals surface area contributed by atoms with Gasteiger partial charge in [-0.05, 0) is 31.2 Å². The maximum atomic E-state index is 12.8. The number of carbonyl (C=O) groups is 2. The van der Waals surface area contributed by atoms with Crippen LogP contribution < -0.4 is 10.0 Å². The Morgan fingerprint density at radius 1 is 1.23 bits per heavy atom. The molecule has 2 amide bonds. The van der Waals surface area contributed by atoms with Gasteiger partial charge in [0.15, 0.2) is 0 Å². The van der Waals surface area contributed by atoms with Crippen molar-refractivity contribution in [1.29, 1.82) is 0 Å². The summed E-state index contributed by atoms with van der Waals surface area (Å²) in [7, 11) is -0.875. The van der Waals surface area contributed by atoms with Gasteiger partial charge in [0.1, 0.15) is 5.82 Å². The summed E-state index contributed by atoms with van der Waals surface area (Å²) in [6.45, 7) is 1.12. The molecule has 0 radical (unpaired) electrons. The Labute approximate surface area is 128 Å². The Kier molecular flexibility index (Phi) is 6.01. The third-order valence-electron chi connectivity index (χ3n) is 2.76. The van der Waals surface area contributed by atoms with Gasteiger partial charge >= 0.3 is 0 Å². The van der Waals surface area contributed by atoms with Crippen molar-refractivity contribution < 1.29 is 22.4 Å². The van der Waals surface area contributed by atoms with Gasteiger partial charge in [-0.3, -0.25) is 9.59 Å². The van der Waals surface area contributed by atoms with Crippen molar-refractivity contribution in [3.05, 3.63) is 30.1 Å². The second-order valence-electron chi connectivity index (χ2n) is 4.80. The summed E-state index contributed by atoms with van der Waals surface area (Å²) < 4.78 is 39.0. The predicted molar refractivity (Wildman–Crippen MR) is 77.9 cm³/mol. The standard InChI is InChI=1S/C13H18FN3O4S/c1-9(13(19)15-8-12(18)17(2)3)16-22(20,21)11-6-4-10(14)5-7-11/h4-7,9,16H,8H2,1-3H3,(H,15,19)/t9-/m0/s1. The molecule has 0 aromatic heterocycles. The second-order valence-corrected chi connectivity index (χ2v) is 6.52. The molecule has 0 heterocycles. The molecule has 0 spiro atoms. The Balaban J connectivity index is 2.66. The zero-order valence-corrected chi connectivity index (χ0v) is 13.3. The average molecular weight is 331 g/mol. The van der Waals surface area contributed by atoms with Crippen molar-refractivity contribution in [1.82, 2.24) is 14.9 Å². The summed E-state index contributed by atoms with van der Waals surface area (Å²) in [6, 6.07) is 3.13. The third kappa shape index (κ3) is 5.08. The summed E-state index contributed by atoms with van der Waals surface area (Å²) in [5.74, 6) is -1.52. The molecule has 0 aliphatic heterocycles. The number of nitrogens with zero attached hydrogens (tertiary/aromatic N) is 1. The number of carbonyl (C=O) groups excluding carboxylic acids is 2. The van der Waals surface area contributed by atoms with Crippen molar-refractivity contribution in [2.75, 3.05) is 20.6 Å². The van der Waals surface area contributed by atoms with E-state index in [0.717, 1.165) is 24.3 Å². The minimum atomic E-state index is -3.95. The molecule has 7 nitrogen and oxygen atoms in total. The molecule has 1 rings (SSSR count). The number of sulfonamides is 1. The molecular weight excluding hydrogens is 313 g/mol. The molecule has 0 unspecified atom stereocenters. The zero-order chi connectivity index (χ0) is 16.9. The molecule has 22 heavy (non-hydrogen) atoms. The molecule has 0 aliphatic carbocycles. The van der Waals surface area contributed by atoms with Gasteiger partial charge in [-0.2, -0.15) is 4.72 Å². The van der Waals surface area contributed by atoms with Gasteiger partial charge in [-0.25, -0.2) is 12.8 Å². The van der Waals surface area contributed by atoms with Gasteiger partial charge in [0.25, 0.3) is 0 Å². The largest absolute Gasteiger partial charge is 0.347 e. The molecule has 0 fully saturated rings. The number of rotatable bonds is 6. The minimum Gasteiger partial charge on any atom is -0.347 e. The fourth-order valence-electron chi connectivity index (χ4n) is 1.44. The van der Waals surface area contributed by atoms with E-state index in [0.29, 0.717) is 0 Å². The van der Waals surface area contributed by atoms with Crippen molar-refractivity contribution >= 4 is 21.8 Å².